The van der Waals surface area contributed by atoms with E-state index in [2.05, 4.69) is 20.4 Å². The van der Waals surface area contributed by atoms with Gasteiger partial charge in [-0.15, -0.1) is 0 Å². The maximum absolute atomic E-state index is 12.1. The normalized spacial score (nSPS) is 19.5. The number of nitrogens with one attached hydrogen (secondary N) is 1. The van der Waals surface area contributed by atoms with E-state index in [1.165, 1.54) is 18.4 Å². The Balaban J connectivity index is 1.71. The van der Waals surface area contributed by atoms with Gasteiger partial charge in [0.2, 0.25) is 10.0 Å². The lowest BCUT2D eigenvalue weighted by Crippen LogP contribution is -2.44. The molecule has 0 radical (unpaired) electrons. The molecule has 0 spiro atoms. The number of sulfonamides is 1. The van der Waals surface area contributed by atoms with E-state index in [9.17, 15) is 8.42 Å². The first-order valence-electron chi connectivity index (χ1n) is 8.33. The molecule has 0 saturated carbocycles. The summed E-state index contributed by atoms with van der Waals surface area (Å²) in [6, 6.07) is 6.74. The number of aromatic nitrogens is 2. The first-order chi connectivity index (χ1) is 12.4. The maximum Gasteiger partial charge on any atom is 0.250 e. The Morgan fingerprint density at radius 3 is 2.65 bits per heavy atom. The molecule has 0 bridgehead atoms. The number of hydrogen-bond acceptors (Lipinski definition) is 7. The molecule has 1 aromatic heterocycles. The third-order valence-corrected chi connectivity index (χ3v) is 6.17. The molecule has 2 heterocycles. The van der Waals surface area contributed by atoms with Gasteiger partial charge >= 0.3 is 0 Å². The molecule has 3 rings (SSSR count). The highest BCUT2D eigenvalue weighted by Crippen LogP contribution is 2.19. The van der Waals surface area contributed by atoms with E-state index in [1.54, 1.807) is 30.3 Å². The zero-order chi connectivity index (χ0) is 18.7. The summed E-state index contributed by atoms with van der Waals surface area (Å²) in [6.07, 6.45) is 3.54. The van der Waals surface area contributed by atoms with Crippen molar-refractivity contribution in [3.63, 3.8) is 0 Å². The van der Waals surface area contributed by atoms with E-state index in [-0.39, 0.29) is 10.9 Å². The van der Waals surface area contributed by atoms with E-state index in [4.69, 9.17) is 4.52 Å². The minimum absolute atomic E-state index is 0.102. The van der Waals surface area contributed by atoms with E-state index in [1.807, 2.05) is 13.1 Å². The SMILES string of the molecule is CN1CCNCC1c1noc(/C=C/c2ccc(S(=O)(=O)N(C)C)cc2)n1. The quantitative estimate of drug-likeness (QED) is 0.833. The van der Waals surface area contributed by atoms with Crippen LogP contribution in [-0.4, -0.2) is 68.5 Å². The van der Waals surface area contributed by atoms with Crippen molar-refractivity contribution in [1.82, 2.24) is 24.7 Å². The lowest BCUT2D eigenvalue weighted by Gasteiger charge is -2.30. The summed E-state index contributed by atoms with van der Waals surface area (Å²) < 4.78 is 30.6. The molecule has 1 N–H and O–H groups in total. The van der Waals surface area contributed by atoms with Gasteiger partial charge < -0.3 is 9.84 Å². The Bertz CT molecular complexity index is 874. The summed E-state index contributed by atoms with van der Waals surface area (Å²) in [4.78, 5) is 6.88. The summed E-state index contributed by atoms with van der Waals surface area (Å²) in [7, 11) is 1.64. The predicted octanol–water partition coefficient (Wildman–Crippen LogP) is 1.07. The van der Waals surface area contributed by atoms with E-state index in [0.29, 0.717) is 11.7 Å². The molecule has 26 heavy (non-hydrogen) atoms. The number of benzene rings is 1. The fourth-order valence-corrected chi connectivity index (χ4v) is 3.58. The first-order valence-corrected chi connectivity index (χ1v) is 9.77. The molecular weight excluding hydrogens is 354 g/mol. The van der Waals surface area contributed by atoms with Crippen LogP contribution in [0.1, 0.15) is 23.3 Å². The largest absolute Gasteiger partial charge is 0.335 e. The van der Waals surface area contributed by atoms with Gasteiger partial charge in [0.05, 0.1) is 10.9 Å². The van der Waals surface area contributed by atoms with Crippen LogP contribution in [0.25, 0.3) is 12.2 Å². The number of hydrogen-bond donors (Lipinski definition) is 1. The average Bonchev–Trinajstić information content (AvgIpc) is 3.09. The van der Waals surface area contributed by atoms with Crippen LogP contribution in [-0.2, 0) is 10.0 Å². The molecule has 0 aliphatic carbocycles. The van der Waals surface area contributed by atoms with Gasteiger partial charge in [-0.1, -0.05) is 17.3 Å². The second-order valence-corrected chi connectivity index (χ2v) is 8.53. The highest BCUT2D eigenvalue weighted by molar-refractivity contribution is 7.89. The van der Waals surface area contributed by atoms with Gasteiger partial charge in [0.1, 0.15) is 0 Å². The second-order valence-electron chi connectivity index (χ2n) is 6.38. The van der Waals surface area contributed by atoms with Gasteiger partial charge in [0.25, 0.3) is 5.89 Å². The Morgan fingerprint density at radius 1 is 1.27 bits per heavy atom. The molecule has 1 saturated heterocycles. The molecule has 2 aromatic rings. The molecule has 1 atom stereocenters. The Morgan fingerprint density at radius 2 is 2.00 bits per heavy atom. The van der Waals surface area contributed by atoms with Crippen molar-refractivity contribution >= 4 is 22.2 Å². The van der Waals surface area contributed by atoms with Gasteiger partial charge in [-0.05, 0) is 30.8 Å². The van der Waals surface area contributed by atoms with Crippen LogP contribution in [0.2, 0.25) is 0 Å². The first kappa shape index (κ1) is 18.7. The summed E-state index contributed by atoms with van der Waals surface area (Å²) in [5.41, 5.74) is 0.846. The standard InChI is InChI=1S/C17H23N5O3S/c1-21(2)26(23,24)14-7-4-13(5-8-14)6-9-16-19-17(20-25-16)15-12-18-10-11-22(15)3/h4-9,15,18H,10-12H2,1-3H3/b9-6+. The van der Waals surface area contributed by atoms with Crippen molar-refractivity contribution in [2.24, 2.45) is 0 Å². The average molecular weight is 377 g/mol. The second kappa shape index (κ2) is 7.67. The van der Waals surface area contributed by atoms with Crippen LogP contribution in [0.3, 0.4) is 0 Å². The Labute approximate surface area is 153 Å². The van der Waals surface area contributed by atoms with Gasteiger partial charge in [0.15, 0.2) is 5.82 Å². The maximum atomic E-state index is 12.1. The van der Waals surface area contributed by atoms with Crippen LogP contribution in [0.4, 0.5) is 0 Å². The monoisotopic (exact) mass is 377 g/mol. The highest BCUT2D eigenvalue weighted by Gasteiger charge is 2.24. The molecular formula is C17H23N5O3S. The van der Waals surface area contributed by atoms with Crippen molar-refractivity contribution in [1.29, 1.82) is 0 Å². The highest BCUT2D eigenvalue weighted by atomic mass is 32.2. The van der Waals surface area contributed by atoms with Gasteiger partial charge in [-0.25, -0.2) is 12.7 Å². The number of nitrogens with zero attached hydrogens (tertiary/aromatic N) is 4. The molecule has 1 fully saturated rings. The fraction of sp³-hybridized carbons (Fsp3) is 0.412. The Hall–Kier alpha value is -2.07. The van der Waals surface area contributed by atoms with Crippen LogP contribution in [0.5, 0.6) is 0 Å². The Kier molecular flexibility index (Phi) is 5.52. The van der Waals surface area contributed by atoms with Crippen molar-refractivity contribution < 1.29 is 12.9 Å². The lowest BCUT2D eigenvalue weighted by atomic mass is 10.2. The van der Waals surface area contributed by atoms with Crippen LogP contribution < -0.4 is 5.32 Å². The minimum atomic E-state index is -3.42. The third kappa shape index (κ3) is 4.01. The minimum Gasteiger partial charge on any atom is -0.335 e. The van der Waals surface area contributed by atoms with Crippen LogP contribution in [0.15, 0.2) is 33.7 Å². The molecule has 1 aliphatic rings. The molecule has 1 aliphatic heterocycles. The number of likely N-dealkylation sites (N-methyl/N-ethyl adjacent to an activating group) is 1. The topological polar surface area (TPSA) is 91.6 Å². The van der Waals surface area contributed by atoms with Gasteiger partial charge in [0, 0.05) is 39.8 Å². The third-order valence-electron chi connectivity index (χ3n) is 4.34. The van der Waals surface area contributed by atoms with E-state index in [0.717, 1.165) is 25.2 Å². The fourth-order valence-electron chi connectivity index (χ4n) is 2.67. The predicted molar refractivity (Wildman–Crippen MR) is 98.8 cm³/mol. The zero-order valence-electron chi connectivity index (χ0n) is 15.1. The number of rotatable bonds is 5. The van der Waals surface area contributed by atoms with E-state index >= 15 is 0 Å². The van der Waals surface area contributed by atoms with Gasteiger partial charge in [-0.3, -0.25) is 4.90 Å². The van der Waals surface area contributed by atoms with Crippen molar-refractivity contribution in [3.8, 4) is 0 Å². The smallest absolute Gasteiger partial charge is 0.250 e. The van der Waals surface area contributed by atoms with Crippen molar-refractivity contribution in [2.75, 3.05) is 40.8 Å². The van der Waals surface area contributed by atoms with Crippen LogP contribution >= 0.6 is 0 Å². The summed E-state index contributed by atoms with van der Waals surface area (Å²) in [5.74, 6) is 1.08. The summed E-state index contributed by atoms with van der Waals surface area (Å²) >= 11 is 0. The molecule has 9 heteroatoms. The molecule has 140 valence electrons. The summed E-state index contributed by atoms with van der Waals surface area (Å²) in [6.45, 7) is 2.69. The number of piperazine rings is 1. The summed E-state index contributed by atoms with van der Waals surface area (Å²) in [5, 5.41) is 7.39. The molecule has 1 unspecified atom stereocenters. The zero-order valence-corrected chi connectivity index (χ0v) is 15.9. The lowest BCUT2D eigenvalue weighted by molar-refractivity contribution is 0.190. The van der Waals surface area contributed by atoms with Crippen molar-refractivity contribution in [2.45, 2.75) is 10.9 Å². The molecule has 0 amide bonds. The molecule has 8 nitrogen and oxygen atoms in total. The van der Waals surface area contributed by atoms with E-state index < -0.39 is 10.0 Å². The van der Waals surface area contributed by atoms with Crippen LogP contribution in [0, 0.1) is 0 Å². The van der Waals surface area contributed by atoms with Gasteiger partial charge in [-0.2, -0.15) is 4.98 Å². The van der Waals surface area contributed by atoms with Crippen molar-refractivity contribution in [3.05, 3.63) is 41.5 Å². The molecule has 1 aromatic carbocycles.